The monoisotopic (exact) mass is 334 g/mol. The fraction of sp³-hybridized carbons (Fsp3) is 0.389. The predicted octanol–water partition coefficient (Wildman–Crippen LogP) is 3.90. The molecule has 0 spiro atoms. The number of benzene rings is 1. The fourth-order valence-corrected chi connectivity index (χ4v) is 2.56. The SMILES string of the molecule is CCO/C(O)=C/NC(=O)c1cn(CCCCCF)c2ccccc12. The molecular formula is C18H23FN2O3. The Morgan fingerprint density at radius 1 is 1.33 bits per heavy atom. The zero-order valence-electron chi connectivity index (χ0n) is 13.8. The average molecular weight is 334 g/mol. The molecule has 130 valence electrons. The summed E-state index contributed by atoms with van der Waals surface area (Å²) >= 11 is 0. The zero-order chi connectivity index (χ0) is 17.4. The van der Waals surface area contributed by atoms with Gasteiger partial charge in [0, 0.05) is 23.6 Å². The second-order valence-electron chi connectivity index (χ2n) is 5.39. The first-order valence-corrected chi connectivity index (χ1v) is 8.14. The molecule has 2 aromatic rings. The highest BCUT2D eigenvalue weighted by Crippen LogP contribution is 2.22. The van der Waals surface area contributed by atoms with Crippen LogP contribution in [0.15, 0.2) is 42.6 Å². The number of para-hydroxylation sites is 1. The number of aryl methyl sites for hydroxylation is 1. The minimum atomic E-state index is -0.333. The summed E-state index contributed by atoms with van der Waals surface area (Å²) in [6, 6.07) is 7.63. The number of aliphatic hydroxyl groups excluding tert-OH is 1. The quantitative estimate of drug-likeness (QED) is 0.540. The van der Waals surface area contributed by atoms with E-state index in [2.05, 4.69) is 5.32 Å². The van der Waals surface area contributed by atoms with E-state index in [1.165, 1.54) is 0 Å². The molecule has 0 aliphatic rings. The Bertz CT molecular complexity index is 709. The van der Waals surface area contributed by atoms with Crippen LogP contribution in [0.4, 0.5) is 4.39 Å². The highest BCUT2D eigenvalue weighted by molar-refractivity contribution is 6.07. The fourth-order valence-electron chi connectivity index (χ4n) is 2.56. The molecule has 2 rings (SSSR count). The minimum Gasteiger partial charge on any atom is -0.480 e. The maximum atomic E-state index is 12.4. The van der Waals surface area contributed by atoms with E-state index in [0.29, 0.717) is 18.6 Å². The van der Waals surface area contributed by atoms with Crippen molar-refractivity contribution in [3.63, 3.8) is 0 Å². The first-order chi connectivity index (χ1) is 11.7. The molecule has 6 heteroatoms. The molecule has 0 radical (unpaired) electrons. The number of hydrogen-bond donors (Lipinski definition) is 2. The van der Waals surface area contributed by atoms with Crippen molar-refractivity contribution in [2.24, 2.45) is 0 Å². The van der Waals surface area contributed by atoms with Crippen LogP contribution in [0, 0.1) is 0 Å². The van der Waals surface area contributed by atoms with Gasteiger partial charge >= 0.3 is 0 Å². The molecule has 5 nitrogen and oxygen atoms in total. The van der Waals surface area contributed by atoms with Crippen LogP contribution in [0.25, 0.3) is 10.9 Å². The lowest BCUT2D eigenvalue weighted by atomic mass is 10.1. The van der Waals surface area contributed by atoms with Crippen molar-refractivity contribution in [1.29, 1.82) is 0 Å². The van der Waals surface area contributed by atoms with E-state index in [4.69, 9.17) is 4.74 Å². The number of halogens is 1. The number of aromatic nitrogens is 1. The summed E-state index contributed by atoms with van der Waals surface area (Å²) in [5.41, 5.74) is 1.48. The van der Waals surface area contributed by atoms with Crippen molar-refractivity contribution in [3.05, 3.63) is 48.2 Å². The van der Waals surface area contributed by atoms with Crippen LogP contribution in [-0.2, 0) is 11.3 Å². The third-order valence-electron chi connectivity index (χ3n) is 3.68. The summed E-state index contributed by atoms with van der Waals surface area (Å²) in [6.45, 7) is 2.49. The van der Waals surface area contributed by atoms with Crippen LogP contribution in [0.2, 0.25) is 0 Å². The van der Waals surface area contributed by atoms with E-state index in [1.54, 1.807) is 13.1 Å². The molecule has 24 heavy (non-hydrogen) atoms. The Morgan fingerprint density at radius 3 is 2.88 bits per heavy atom. The topological polar surface area (TPSA) is 63.5 Å². The smallest absolute Gasteiger partial charge is 0.293 e. The van der Waals surface area contributed by atoms with Crippen molar-refractivity contribution in [1.82, 2.24) is 9.88 Å². The number of carbonyl (C=O) groups excluding carboxylic acids is 1. The summed E-state index contributed by atoms with van der Waals surface area (Å²) < 4.78 is 19.1. The van der Waals surface area contributed by atoms with Crippen LogP contribution in [0.3, 0.4) is 0 Å². The highest BCUT2D eigenvalue weighted by Gasteiger charge is 2.14. The van der Waals surface area contributed by atoms with E-state index in [1.807, 2.05) is 28.8 Å². The maximum absolute atomic E-state index is 12.4. The van der Waals surface area contributed by atoms with Gasteiger partial charge in [-0.2, -0.15) is 0 Å². The van der Waals surface area contributed by atoms with Crippen LogP contribution in [0.5, 0.6) is 0 Å². The molecule has 2 N–H and O–H groups in total. The molecule has 0 saturated heterocycles. The van der Waals surface area contributed by atoms with Gasteiger partial charge in [0.15, 0.2) is 0 Å². The lowest BCUT2D eigenvalue weighted by molar-refractivity contribution is 0.0908. The van der Waals surface area contributed by atoms with E-state index in [-0.39, 0.29) is 18.5 Å². The van der Waals surface area contributed by atoms with E-state index in [0.717, 1.165) is 36.5 Å². The molecule has 0 bridgehead atoms. The normalized spacial score (nSPS) is 11.7. The van der Waals surface area contributed by atoms with E-state index >= 15 is 0 Å². The first kappa shape index (κ1) is 17.8. The van der Waals surface area contributed by atoms with Crippen LogP contribution in [0.1, 0.15) is 36.5 Å². The number of rotatable bonds is 9. The van der Waals surface area contributed by atoms with E-state index in [9.17, 15) is 14.3 Å². The maximum Gasteiger partial charge on any atom is 0.293 e. The summed E-state index contributed by atoms with van der Waals surface area (Å²) in [5.74, 6) is -0.652. The molecule has 0 unspecified atom stereocenters. The number of nitrogens with one attached hydrogen (secondary N) is 1. The van der Waals surface area contributed by atoms with Gasteiger partial charge in [-0.25, -0.2) is 0 Å². The van der Waals surface area contributed by atoms with E-state index < -0.39 is 0 Å². The van der Waals surface area contributed by atoms with Crippen LogP contribution in [-0.4, -0.2) is 28.9 Å². The molecule has 0 fully saturated rings. The first-order valence-electron chi connectivity index (χ1n) is 8.14. The van der Waals surface area contributed by atoms with Gasteiger partial charge in [-0.15, -0.1) is 0 Å². The summed E-state index contributed by atoms with van der Waals surface area (Å²) in [6.07, 6.45) is 5.17. The molecule has 0 saturated carbocycles. The molecular weight excluding hydrogens is 311 g/mol. The molecule has 0 atom stereocenters. The number of hydrogen-bond acceptors (Lipinski definition) is 3. The summed E-state index contributed by atoms with van der Waals surface area (Å²) in [7, 11) is 0. The molecule has 1 amide bonds. The standard InChI is InChI=1S/C18H23FN2O3/c1-2-24-17(22)12-20-18(23)15-13-21(11-7-3-6-10-19)16-9-5-4-8-14(15)16/h4-5,8-9,12-13,22H,2-3,6-7,10-11H2,1H3,(H,20,23)/b17-12+. The number of carbonyl (C=O) groups is 1. The van der Waals surface area contributed by atoms with Crippen molar-refractivity contribution in [2.75, 3.05) is 13.3 Å². The van der Waals surface area contributed by atoms with Crippen LogP contribution >= 0.6 is 0 Å². The van der Waals surface area contributed by atoms with Crippen molar-refractivity contribution >= 4 is 16.8 Å². The number of fused-ring (bicyclic) bond motifs is 1. The number of aliphatic hydroxyl groups is 1. The Balaban J connectivity index is 2.17. The lowest BCUT2D eigenvalue weighted by Crippen LogP contribution is -2.18. The summed E-state index contributed by atoms with van der Waals surface area (Å²) in [4.78, 5) is 12.4. The third kappa shape index (κ3) is 4.50. The van der Waals surface area contributed by atoms with Gasteiger partial charge in [-0.3, -0.25) is 9.18 Å². The number of nitrogens with zero attached hydrogens (tertiary/aromatic N) is 1. The van der Waals surface area contributed by atoms with Crippen molar-refractivity contribution in [2.45, 2.75) is 32.7 Å². The van der Waals surface area contributed by atoms with Gasteiger partial charge in [0.05, 0.1) is 25.0 Å². The van der Waals surface area contributed by atoms with Crippen LogP contribution < -0.4 is 5.32 Å². The Kier molecular flexibility index (Phi) is 6.66. The molecule has 1 aromatic heterocycles. The van der Waals surface area contributed by atoms with Gasteiger partial charge < -0.3 is 19.7 Å². The molecule has 0 aliphatic carbocycles. The second kappa shape index (κ2) is 8.96. The number of unbranched alkanes of at least 4 members (excludes halogenated alkanes) is 2. The number of alkyl halides is 1. The largest absolute Gasteiger partial charge is 0.480 e. The Hall–Kier alpha value is -2.50. The molecule has 1 heterocycles. The predicted molar refractivity (Wildman–Crippen MR) is 91.6 cm³/mol. The van der Waals surface area contributed by atoms with Crippen molar-refractivity contribution in [3.8, 4) is 0 Å². The molecule has 1 aromatic carbocycles. The Morgan fingerprint density at radius 2 is 2.12 bits per heavy atom. The third-order valence-corrected chi connectivity index (χ3v) is 3.68. The van der Waals surface area contributed by atoms with Gasteiger partial charge in [-0.05, 0) is 32.3 Å². The minimum absolute atomic E-state index is 0.296. The highest BCUT2D eigenvalue weighted by atomic mass is 19.1. The number of ether oxygens (including phenoxy) is 1. The Labute approximate surface area is 140 Å². The lowest BCUT2D eigenvalue weighted by Gasteiger charge is -2.04. The number of amides is 1. The van der Waals surface area contributed by atoms with Gasteiger partial charge in [0.1, 0.15) is 0 Å². The van der Waals surface area contributed by atoms with Gasteiger partial charge in [0.2, 0.25) is 0 Å². The van der Waals surface area contributed by atoms with Gasteiger partial charge in [0.25, 0.3) is 11.9 Å². The van der Waals surface area contributed by atoms with Crippen molar-refractivity contribution < 1.29 is 19.0 Å². The summed E-state index contributed by atoms with van der Waals surface area (Å²) in [5, 5.41) is 12.8. The van der Waals surface area contributed by atoms with Gasteiger partial charge in [-0.1, -0.05) is 18.2 Å². The second-order valence-corrected chi connectivity index (χ2v) is 5.39. The average Bonchev–Trinajstić information content (AvgIpc) is 2.96. The zero-order valence-corrected chi connectivity index (χ0v) is 13.8. The molecule has 0 aliphatic heterocycles.